The molecule has 150 valence electrons. The lowest BCUT2D eigenvalue weighted by Gasteiger charge is -2.24. The van der Waals surface area contributed by atoms with Gasteiger partial charge in [0.1, 0.15) is 17.2 Å². The van der Waals surface area contributed by atoms with Crippen LogP contribution in [0.2, 0.25) is 0 Å². The van der Waals surface area contributed by atoms with Crippen molar-refractivity contribution in [1.82, 2.24) is 20.2 Å². The van der Waals surface area contributed by atoms with E-state index in [9.17, 15) is 4.79 Å². The van der Waals surface area contributed by atoms with Crippen LogP contribution in [0, 0.1) is 12.8 Å². The Labute approximate surface area is 174 Å². The third-order valence-electron chi connectivity index (χ3n) is 5.52. The Morgan fingerprint density at radius 3 is 3.00 bits per heavy atom. The van der Waals surface area contributed by atoms with Crippen LogP contribution in [-0.2, 0) is 17.6 Å². The first-order valence-corrected chi connectivity index (χ1v) is 10.1. The highest BCUT2D eigenvalue weighted by Crippen LogP contribution is 2.29. The van der Waals surface area contributed by atoms with Gasteiger partial charge in [-0.3, -0.25) is 19.9 Å². The molecule has 1 unspecified atom stereocenters. The molecule has 1 atom stereocenters. The summed E-state index contributed by atoms with van der Waals surface area (Å²) in [5, 5.41) is 8.46. The second kappa shape index (κ2) is 7.71. The van der Waals surface area contributed by atoms with Crippen LogP contribution in [0.25, 0.3) is 22.2 Å². The van der Waals surface area contributed by atoms with Gasteiger partial charge in [-0.25, -0.2) is 0 Å². The molecule has 30 heavy (non-hydrogen) atoms. The number of carbonyl (C=O) groups is 1. The van der Waals surface area contributed by atoms with Crippen molar-refractivity contribution in [1.29, 1.82) is 0 Å². The topological polar surface area (TPSA) is 80.8 Å². The fraction of sp³-hybridized carbons (Fsp3) is 0.250. The van der Waals surface area contributed by atoms with E-state index in [1.54, 1.807) is 12.4 Å². The number of ether oxygens (including phenoxy) is 1. The fourth-order valence-corrected chi connectivity index (χ4v) is 4.08. The third-order valence-corrected chi connectivity index (χ3v) is 5.52. The van der Waals surface area contributed by atoms with Gasteiger partial charge in [0.25, 0.3) is 0 Å². The molecule has 1 aliphatic rings. The highest BCUT2D eigenvalue weighted by atomic mass is 16.5. The van der Waals surface area contributed by atoms with Crippen molar-refractivity contribution >= 4 is 16.7 Å². The number of para-hydroxylation sites is 1. The van der Waals surface area contributed by atoms with Crippen molar-refractivity contribution in [2.45, 2.75) is 26.2 Å². The molecule has 5 rings (SSSR count). The van der Waals surface area contributed by atoms with Crippen LogP contribution in [0.4, 0.5) is 0 Å². The normalized spacial score (nSPS) is 15.6. The van der Waals surface area contributed by atoms with Crippen LogP contribution in [0.3, 0.4) is 0 Å². The number of ketones is 1. The molecular weight excluding hydrogens is 376 g/mol. The molecule has 4 heterocycles. The van der Waals surface area contributed by atoms with Crippen LogP contribution >= 0.6 is 0 Å². The highest BCUT2D eigenvalue weighted by Gasteiger charge is 2.22. The van der Waals surface area contributed by atoms with Crippen LogP contribution in [0.5, 0.6) is 5.75 Å². The number of hydrogen-bond donors (Lipinski definition) is 1. The van der Waals surface area contributed by atoms with Gasteiger partial charge in [0.15, 0.2) is 0 Å². The summed E-state index contributed by atoms with van der Waals surface area (Å²) >= 11 is 0. The van der Waals surface area contributed by atoms with Gasteiger partial charge >= 0.3 is 0 Å². The molecule has 0 spiro atoms. The number of carbonyl (C=O) groups excluding carboxylic acids is 1. The largest absolute Gasteiger partial charge is 0.493 e. The summed E-state index contributed by atoms with van der Waals surface area (Å²) in [6.45, 7) is 2.54. The van der Waals surface area contributed by atoms with Crippen molar-refractivity contribution in [2.75, 3.05) is 6.61 Å². The van der Waals surface area contributed by atoms with E-state index in [-0.39, 0.29) is 11.7 Å². The van der Waals surface area contributed by atoms with Crippen molar-refractivity contribution < 1.29 is 9.53 Å². The molecule has 6 nitrogen and oxygen atoms in total. The lowest BCUT2D eigenvalue weighted by Crippen LogP contribution is -2.24. The maximum Gasteiger partial charge on any atom is 0.139 e. The SMILES string of the molecule is Cc1cc(-c2n[nH]c3cc(CC(=O)CC4COc5ccccc5C4)ncc23)ccn1. The van der Waals surface area contributed by atoms with Crippen molar-refractivity contribution in [3.8, 4) is 17.0 Å². The fourth-order valence-electron chi connectivity index (χ4n) is 4.08. The molecule has 0 saturated heterocycles. The first kappa shape index (κ1) is 18.5. The Hall–Kier alpha value is -3.54. The molecule has 0 saturated carbocycles. The number of aryl methyl sites for hydroxylation is 1. The first-order valence-electron chi connectivity index (χ1n) is 10.1. The summed E-state index contributed by atoms with van der Waals surface area (Å²) in [6.07, 6.45) is 5.27. The number of nitrogens with zero attached hydrogens (tertiary/aromatic N) is 3. The Morgan fingerprint density at radius 2 is 2.10 bits per heavy atom. The summed E-state index contributed by atoms with van der Waals surface area (Å²) < 4.78 is 5.81. The molecular formula is C24H22N4O2. The second-order valence-corrected chi connectivity index (χ2v) is 7.89. The zero-order chi connectivity index (χ0) is 20.5. The van der Waals surface area contributed by atoms with Gasteiger partial charge in [-0.2, -0.15) is 5.10 Å². The highest BCUT2D eigenvalue weighted by molar-refractivity contribution is 5.93. The summed E-state index contributed by atoms with van der Waals surface area (Å²) in [7, 11) is 0. The van der Waals surface area contributed by atoms with E-state index in [0.717, 1.165) is 45.7 Å². The summed E-state index contributed by atoms with van der Waals surface area (Å²) in [4.78, 5) is 21.4. The molecule has 1 N–H and O–H groups in total. The lowest BCUT2D eigenvalue weighted by atomic mass is 9.91. The van der Waals surface area contributed by atoms with Crippen LogP contribution in [0.1, 0.15) is 23.4 Å². The minimum atomic E-state index is 0.180. The number of Topliss-reactive ketones (excluding diaryl/α,β-unsaturated/α-hetero) is 1. The van der Waals surface area contributed by atoms with E-state index < -0.39 is 0 Å². The number of aromatic amines is 1. The van der Waals surface area contributed by atoms with Gasteiger partial charge in [0.05, 0.1) is 12.1 Å². The van der Waals surface area contributed by atoms with Crippen LogP contribution in [-0.4, -0.2) is 32.6 Å². The summed E-state index contributed by atoms with van der Waals surface area (Å²) in [5.41, 5.74) is 5.60. The van der Waals surface area contributed by atoms with Gasteiger partial charge in [-0.1, -0.05) is 18.2 Å². The molecule has 0 amide bonds. The number of rotatable bonds is 5. The lowest BCUT2D eigenvalue weighted by molar-refractivity contribution is -0.119. The number of pyridine rings is 2. The van der Waals surface area contributed by atoms with E-state index in [1.807, 2.05) is 43.3 Å². The van der Waals surface area contributed by atoms with Gasteiger partial charge in [0.2, 0.25) is 0 Å². The van der Waals surface area contributed by atoms with Gasteiger partial charge in [-0.15, -0.1) is 0 Å². The number of nitrogens with one attached hydrogen (secondary N) is 1. The smallest absolute Gasteiger partial charge is 0.139 e. The van der Waals surface area contributed by atoms with E-state index in [2.05, 4.69) is 26.2 Å². The zero-order valence-corrected chi connectivity index (χ0v) is 16.8. The molecule has 0 radical (unpaired) electrons. The van der Waals surface area contributed by atoms with E-state index in [1.165, 1.54) is 5.56 Å². The maximum atomic E-state index is 12.7. The van der Waals surface area contributed by atoms with Crippen molar-refractivity contribution in [3.63, 3.8) is 0 Å². The minimum absolute atomic E-state index is 0.180. The average Bonchev–Trinajstić information content (AvgIpc) is 3.17. The van der Waals surface area contributed by atoms with Gasteiger partial charge in [-0.05, 0) is 43.2 Å². The van der Waals surface area contributed by atoms with Crippen LogP contribution in [0.15, 0.2) is 54.9 Å². The molecule has 4 aromatic rings. The monoisotopic (exact) mass is 398 g/mol. The Morgan fingerprint density at radius 1 is 1.20 bits per heavy atom. The molecule has 0 fully saturated rings. The summed E-state index contributed by atoms with van der Waals surface area (Å²) in [6, 6.07) is 13.9. The average molecular weight is 398 g/mol. The Balaban J connectivity index is 1.28. The minimum Gasteiger partial charge on any atom is -0.493 e. The van der Waals surface area contributed by atoms with Crippen molar-refractivity contribution in [2.24, 2.45) is 5.92 Å². The van der Waals surface area contributed by atoms with E-state index >= 15 is 0 Å². The molecule has 3 aromatic heterocycles. The van der Waals surface area contributed by atoms with Gasteiger partial charge < -0.3 is 4.74 Å². The van der Waals surface area contributed by atoms with Gasteiger partial charge in [0, 0.05) is 53.5 Å². The molecule has 0 bridgehead atoms. The second-order valence-electron chi connectivity index (χ2n) is 7.89. The van der Waals surface area contributed by atoms with E-state index in [0.29, 0.717) is 19.4 Å². The zero-order valence-electron chi connectivity index (χ0n) is 16.8. The Bertz CT molecular complexity index is 1230. The van der Waals surface area contributed by atoms with Crippen molar-refractivity contribution in [3.05, 3.63) is 71.8 Å². The standard InChI is InChI=1S/C24H22N4O2/c1-15-8-18(6-7-25-15)24-21-13-26-19(12-22(21)27-28-24)11-20(29)10-16-9-17-4-2-3-5-23(17)30-14-16/h2-8,12-13,16H,9-11,14H2,1H3,(H,27,28). The number of benzene rings is 1. The number of aromatic nitrogens is 4. The number of fused-ring (bicyclic) bond motifs is 2. The molecule has 1 aliphatic heterocycles. The maximum absolute atomic E-state index is 12.7. The summed E-state index contributed by atoms with van der Waals surface area (Å²) in [5.74, 6) is 1.33. The Kier molecular flexibility index (Phi) is 4.75. The predicted molar refractivity (Wildman–Crippen MR) is 114 cm³/mol. The molecule has 6 heteroatoms. The number of hydrogen-bond acceptors (Lipinski definition) is 5. The first-order chi connectivity index (χ1) is 14.7. The van der Waals surface area contributed by atoms with E-state index in [4.69, 9.17) is 4.74 Å². The van der Waals surface area contributed by atoms with Crippen LogP contribution < -0.4 is 4.74 Å². The predicted octanol–water partition coefficient (Wildman–Crippen LogP) is 4.08. The third kappa shape index (κ3) is 3.68. The quantitative estimate of drug-likeness (QED) is 0.548. The number of H-pyrrole nitrogens is 1. The molecule has 0 aliphatic carbocycles. The molecule has 1 aromatic carbocycles.